The van der Waals surface area contributed by atoms with Gasteiger partial charge >= 0.3 is 0 Å². The van der Waals surface area contributed by atoms with Crippen molar-refractivity contribution in [2.45, 2.75) is 40.5 Å². The molecule has 2 heteroatoms. The molecule has 144 valence electrons. The Kier molecular flexibility index (Phi) is 5.79. The lowest BCUT2D eigenvalue weighted by molar-refractivity contribution is 0.547. The molecule has 0 radical (unpaired) electrons. The Hall–Kier alpha value is -2.74. The van der Waals surface area contributed by atoms with Crippen molar-refractivity contribution in [2.75, 3.05) is 0 Å². The van der Waals surface area contributed by atoms with Crippen molar-refractivity contribution in [2.24, 2.45) is 5.41 Å². The molecule has 0 N–H and O–H groups in total. The molecule has 0 aliphatic rings. The van der Waals surface area contributed by atoms with Gasteiger partial charge in [-0.15, -0.1) is 0 Å². The summed E-state index contributed by atoms with van der Waals surface area (Å²) in [6, 6.07) is 19.1. The highest BCUT2D eigenvalue weighted by Gasteiger charge is 2.17. The molecule has 0 aliphatic heterocycles. The number of halogens is 1. The molecule has 28 heavy (non-hydrogen) atoms. The van der Waals surface area contributed by atoms with E-state index in [-0.39, 0.29) is 17.2 Å². The van der Waals surface area contributed by atoms with Crippen LogP contribution in [0.3, 0.4) is 0 Å². The summed E-state index contributed by atoms with van der Waals surface area (Å²) in [5, 5.41) is 0. The van der Waals surface area contributed by atoms with Gasteiger partial charge in [-0.05, 0) is 40.7 Å². The van der Waals surface area contributed by atoms with E-state index in [1.807, 2.05) is 30.3 Å². The molecule has 3 aromatic rings. The third-order valence-corrected chi connectivity index (χ3v) is 4.61. The Labute approximate surface area is 168 Å². The lowest BCUT2D eigenvalue weighted by Gasteiger charge is -2.19. The predicted molar refractivity (Wildman–Crippen MR) is 118 cm³/mol. The first-order chi connectivity index (χ1) is 13.2. The molecule has 3 rings (SSSR count). The summed E-state index contributed by atoms with van der Waals surface area (Å²) in [6.45, 7) is 10.9. The molecular weight excluding hydrogens is 345 g/mol. The van der Waals surface area contributed by atoms with Crippen molar-refractivity contribution in [1.29, 1.82) is 0 Å². The van der Waals surface area contributed by atoms with E-state index in [4.69, 9.17) is 4.98 Å². The first kappa shape index (κ1) is 20.0. The van der Waals surface area contributed by atoms with Gasteiger partial charge in [0.2, 0.25) is 0 Å². The maximum atomic E-state index is 13.5. The van der Waals surface area contributed by atoms with E-state index < -0.39 is 0 Å². The minimum atomic E-state index is -0.225. The summed E-state index contributed by atoms with van der Waals surface area (Å²) < 4.78 is 13.5. The standard InChI is InChI=1S/C26H28FN/c1-18(2)25-22(15-16-26(3,4)5)23(19-11-13-21(27)14-12-19)17-24(28-25)20-9-7-6-8-10-20/h6-18H,1-5H3/b16-15+. The molecule has 0 amide bonds. The fourth-order valence-electron chi connectivity index (χ4n) is 3.15. The highest BCUT2D eigenvalue weighted by molar-refractivity contribution is 5.80. The molecule has 0 spiro atoms. The summed E-state index contributed by atoms with van der Waals surface area (Å²) in [5.74, 6) is 0.0411. The largest absolute Gasteiger partial charge is 0.252 e. The van der Waals surface area contributed by atoms with Crippen molar-refractivity contribution in [1.82, 2.24) is 4.98 Å². The van der Waals surface area contributed by atoms with Gasteiger partial charge in [0.1, 0.15) is 5.82 Å². The van der Waals surface area contributed by atoms with E-state index in [0.717, 1.165) is 33.6 Å². The summed E-state index contributed by atoms with van der Waals surface area (Å²) in [4.78, 5) is 5.02. The number of allylic oxidation sites excluding steroid dienone is 1. The molecule has 0 saturated heterocycles. The number of hydrogen-bond acceptors (Lipinski definition) is 1. The van der Waals surface area contributed by atoms with Crippen LogP contribution in [0.5, 0.6) is 0 Å². The van der Waals surface area contributed by atoms with Crippen molar-refractivity contribution in [3.63, 3.8) is 0 Å². The Morgan fingerprint density at radius 3 is 2.11 bits per heavy atom. The first-order valence-electron chi connectivity index (χ1n) is 9.80. The van der Waals surface area contributed by atoms with Crippen LogP contribution in [0.1, 0.15) is 51.8 Å². The van der Waals surface area contributed by atoms with Crippen molar-refractivity contribution in [3.8, 4) is 22.4 Å². The highest BCUT2D eigenvalue weighted by Crippen LogP contribution is 2.35. The number of hydrogen-bond donors (Lipinski definition) is 0. The average Bonchev–Trinajstić information content (AvgIpc) is 2.66. The van der Waals surface area contributed by atoms with Gasteiger partial charge in [-0.2, -0.15) is 0 Å². The van der Waals surface area contributed by atoms with E-state index in [1.165, 1.54) is 12.1 Å². The quantitative estimate of drug-likeness (QED) is 0.456. The van der Waals surface area contributed by atoms with Gasteiger partial charge in [-0.25, -0.2) is 4.39 Å². The lowest BCUT2D eigenvalue weighted by atomic mass is 9.89. The zero-order valence-electron chi connectivity index (χ0n) is 17.3. The van der Waals surface area contributed by atoms with Crippen LogP contribution in [0.25, 0.3) is 28.5 Å². The molecule has 0 fully saturated rings. The third-order valence-electron chi connectivity index (χ3n) is 4.61. The lowest BCUT2D eigenvalue weighted by Crippen LogP contribution is -2.03. The molecule has 0 atom stereocenters. The summed E-state index contributed by atoms with van der Waals surface area (Å²) in [7, 11) is 0. The molecule has 0 saturated carbocycles. The fraction of sp³-hybridized carbons (Fsp3) is 0.269. The smallest absolute Gasteiger partial charge is 0.123 e. The number of rotatable bonds is 4. The fourth-order valence-corrected chi connectivity index (χ4v) is 3.15. The highest BCUT2D eigenvalue weighted by atomic mass is 19.1. The van der Waals surface area contributed by atoms with Crippen LogP contribution in [-0.2, 0) is 0 Å². The van der Waals surface area contributed by atoms with Gasteiger partial charge in [-0.1, -0.05) is 89.2 Å². The average molecular weight is 374 g/mol. The number of aromatic nitrogens is 1. The second-order valence-corrected chi connectivity index (χ2v) is 8.58. The van der Waals surface area contributed by atoms with Crippen LogP contribution in [0.4, 0.5) is 4.39 Å². The van der Waals surface area contributed by atoms with Gasteiger partial charge in [0, 0.05) is 11.1 Å². The number of pyridine rings is 1. The third kappa shape index (κ3) is 4.75. The van der Waals surface area contributed by atoms with E-state index in [0.29, 0.717) is 0 Å². The van der Waals surface area contributed by atoms with E-state index in [9.17, 15) is 4.39 Å². The van der Waals surface area contributed by atoms with Crippen molar-refractivity contribution >= 4 is 6.08 Å². The number of benzene rings is 2. The van der Waals surface area contributed by atoms with Gasteiger partial charge < -0.3 is 0 Å². The van der Waals surface area contributed by atoms with Gasteiger partial charge in [-0.3, -0.25) is 4.98 Å². The monoisotopic (exact) mass is 373 g/mol. The van der Waals surface area contributed by atoms with Gasteiger partial charge in [0.15, 0.2) is 0 Å². The van der Waals surface area contributed by atoms with Crippen LogP contribution >= 0.6 is 0 Å². The molecule has 0 bridgehead atoms. The normalized spacial score (nSPS) is 12.1. The van der Waals surface area contributed by atoms with Gasteiger partial charge in [0.25, 0.3) is 0 Å². The van der Waals surface area contributed by atoms with Crippen LogP contribution in [-0.4, -0.2) is 4.98 Å². The second kappa shape index (κ2) is 8.10. The molecule has 1 nitrogen and oxygen atoms in total. The van der Waals surface area contributed by atoms with Crippen LogP contribution < -0.4 is 0 Å². The Morgan fingerprint density at radius 2 is 1.54 bits per heavy atom. The van der Waals surface area contributed by atoms with Gasteiger partial charge in [0.05, 0.1) is 11.4 Å². The van der Waals surface area contributed by atoms with E-state index in [2.05, 4.69) is 65.0 Å². The van der Waals surface area contributed by atoms with Crippen LogP contribution in [0.2, 0.25) is 0 Å². The summed E-state index contributed by atoms with van der Waals surface area (Å²) in [5.41, 5.74) is 6.33. The molecule has 0 unspecified atom stereocenters. The second-order valence-electron chi connectivity index (χ2n) is 8.58. The van der Waals surface area contributed by atoms with Crippen molar-refractivity contribution < 1.29 is 4.39 Å². The zero-order chi connectivity index (χ0) is 20.3. The Morgan fingerprint density at radius 1 is 0.893 bits per heavy atom. The van der Waals surface area contributed by atoms with Crippen LogP contribution in [0, 0.1) is 11.2 Å². The summed E-state index contributed by atoms with van der Waals surface area (Å²) >= 11 is 0. The predicted octanol–water partition coefficient (Wildman–Crippen LogP) is 7.74. The molecule has 0 aliphatic carbocycles. The molecule has 1 aromatic heterocycles. The van der Waals surface area contributed by atoms with E-state index >= 15 is 0 Å². The maximum Gasteiger partial charge on any atom is 0.123 e. The topological polar surface area (TPSA) is 12.9 Å². The molecule has 2 aromatic carbocycles. The SMILES string of the molecule is CC(C)c1nc(-c2ccccc2)cc(-c2ccc(F)cc2)c1/C=C/C(C)(C)C. The Bertz CT molecular complexity index is 962. The number of nitrogens with zero attached hydrogens (tertiary/aromatic N) is 1. The minimum Gasteiger partial charge on any atom is -0.252 e. The summed E-state index contributed by atoms with van der Waals surface area (Å²) in [6.07, 6.45) is 4.39. The maximum absolute atomic E-state index is 13.5. The molecular formula is C26H28FN. The first-order valence-corrected chi connectivity index (χ1v) is 9.80. The molecule has 1 heterocycles. The van der Waals surface area contributed by atoms with Crippen molar-refractivity contribution in [3.05, 3.63) is 83.8 Å². The van der Waals surface area contributed by atoms with E-state index in [1.54, 1.807) is 0 Å². The minimum absolute atomic E-state index is 0.0619. The van der Waals surface area contributed by atoms with Crippen LogP contribution in [0.15, 0.2) is 66.7 Å². The zero-order valence-corrected chi connectivity index (χ0v) is 17.3. The Balaban J connectivity index is 2.29.